The Kier molecular flexibility index (Phi) is 4.92. The molecule has 1 aliphatic carbocycles. The number of guanidine groups is 1. The van der Waals surface area contributed by atoms with Gasteiger partial charge in [-0.1, -0.05) is 19.3 Å². The summed E-state index contributed by atoms with van der Waals surface area (Å²) in [6.07, 6.45) is 10.7. The predicted octanol–water partition coefficient (Wildman–Crippen LogP) is 1.81. The number of aliphatic imine (C=N–C) groups is 1. The van der Waals surface area contributed by atoms with E-state index in [1.54, 1.807) is 0 Å². The van der Waals surface area contributed by atoms with Crippen molar-refractivity contribution in [1.82, 2.24) is 25.4 Å². The number of fused-ring (bicyclic) bond motifs is 2. The first-order valence-corrected chi connectivity index (χ1v) is 9.77. The summed E-state index contributed by atoms with van der Waals surface area (Å²) in [4.78, 5) is 4.82. The van der Waals surface area contributed by atoms with Gasteiger partial charge in [0, 0.05) is 13.1 Å². The van der Waals surface area contributed by atoms with Crippen LogP contribution < -0.4 is 10.6 Å². The number of aryl methyl sites for hydroxylation is 1. The molecule has 3 unspecified atom stereocenters. The van der Waals surface area contributed by atoms with Crippen molar-refractivity contribution in [2.45, 2.75) is 89.1 Å². The number of aromatic nitrogens is 3. The lowest BCUT2D eigenvalue weighted by molar-refractivity contribution is 0.0992. The van der Waals surface area contributed by atoms with Gasteiger partial charge in [-0.2, -0.15) is 0 Å². The fourth-order valence-electron chi connectivity index (χ4n) is 4.28. The van der Waals surface area contributed by atoms with Crippen molar-refractivity contribution in [3.8, 4) is 0 Å². The molecule has 0 spiro atoms. The molecule has 2 N–H and O–H groups in total. The molecule has 1 aromatic heterocycles. The summed E-state index contributed by atoms with van der Waals surface area (Å²) in [6.45, 7) is 2.51. The summed E-state index contributed by atoms with van der Waals surface area (Å²) >= 11 is 0. The molecule has 3 aliphatic rings. The maximum atomic E-state index is 5.99. The zero-order chi connectivity index (χ0) is 17.2. The van der Waals surface area contributed by atoms with Crippen LogP contribution >= 0.6 is 0 Å². The van der Waals surface area contributed by atoms with E-state index >= 15 is 0 Å². The quantitative estimate of drug-likeness (QED) is 0.642. The second kappa shape index (κ2) is 7.32. The van der Waals surface area contributed by atoms with E-state index in [1.807, 2.05) is 18.5 Å². The van der Waals surface area contributed by atoms with Crippen LogP contribution in [0.3, 0.4) is 0 Å². The Morgan fingerprint density at radius 3 is 2.64 bits per heavy atom. The highest BCUT2D eigenvalue weighted by Gasteiger charge is 2.41. The minimum Gasteiger partial charge on any atom is -0.373 e. The van der Waals surface area contributed by atoms with Crippen molar-refractivity contribution < 1.29 is 4.74 Å². The zero-order valence-electron chi connectivity index (χ0n) is 15.4. The van der Waals surface area contributed by atoms with Gasteiger partial charge in [-0.3, -0.25) is 0 Å². The molecule has 25 heavy (non-hydrogen) atoms. The monoisotopic (exact) mass is 346 g/mol. The fourth-order valence-corrected chi connectivity index (χ4v) is 4.28. The van der Waals surface area contributed by atoms with Crippen molar-refractivity contribution in [3.05, 3.63) is 11.6 Å². The molecule has 0 aromatic carbocycles. The number of nitrogens with zero attached hydrogens (tertiary/aromatic N) is 4. The molecular formula is C18H30N6O. The van der Waals surface area contributed by atoms with Gasteiger partial charge in [0.1, 0.15) is 12.4 Å². The second-order valence-electron chi connectivity index (χ2n) is 7.73. The lowest BCUT2D eigenvalue weighted by Gasteiger charge is -2.28. The molecule has 7 heteroatoms. The van der Waals surface area contributed by atoms with Crippen molar-refractivity contribution in [3.63, 3.8) is 0 Å². The third-order valence-corrected chi connectivity index (χ3v) is 5.94. The van der Waals surface area contributed by atoms with Crippen LogP contribution in [-0.4, -0.2) is 45.0 Å². The first-order valence-electron chi connectivity index (χ1n) is 9.77. The number of hydrogen-bond acceptors (Lipinski definition) is 4. The highest BCUT2D eigenvalue weighted by molar-refractivity contribution is 5.80. The largest absolute Gasteiger partial charge is 0.373 e. The Morgan fingerprint density at radius 2 is 2.00 bits per heavy atom. The third kappa shape index (κ3) is 3.81. The van der Waals surface area contributed by atoms with Gasteiger partial charge in [-0.25, -0.2) is 4.99 Å². The van der Waals surface area contributed by atoms with Crippen LogP contribution in [0.4, 0.5) is 0 Å². The normalized spacial score (nSPS) is 30.0. The van der Waals surface area contributed by atoms with E-state index in [9.17, 15) is 0 Å². The number of rotatable bonds is 4. The van der Waals surface area contributed by atoms with Crippen molar-refractivity contribution in [2.75, 3.05) is 0 Å². The predicted molar refractivity (Wildman–Crippen MR) is 96.3 cm³/mol. The molecule has 138 valence electrons. The Bertz CT molecular complexity index is 621. The summed E-state index contributed by atoms with van der Waals surface area (Å²) in [7, 11) is 1.99. The Labute approximate surface area is 149 Å². The van der Waals surface area contributed by atoms with Gasteiger partial charge < -0.3 is 19.9 Å². The van der Waals surface area contributed by atoms with Crippen molar-refractivity contribution in [1.29, 1.82) is 0 Å². The van der Waals surface area contributed by atoms with Crippen LogP contribution in [-0.2, 0) is 18.3 Å². The van der Waals surface area contributed by atoms with Gasteiger partial charge in [0.2, 0.25) is 0 Å². The lowest BCUT2D eigenvalue weighted by Crippen LogP contribution is -2.50. The van der Waals surface area contributed by atoms with Crippen LogP contribution in [0.1, 0.15) is 63.0 Å². The fraction of sp³-hybridized carbons (Fsp3) is 0.833. The molecule has 7 nitrogen and oxygen atoms in total. The van der Waals surface area contributed by atoms with E-state index in [2.05, 4.69) is 20.8 Å². The summed E-state index contributed by atoms with van der Waals surface area (Å²) in [6, 6.07) is 0.913. The summed E-state index contributed by atoms with van der Waals surface area (Å²) < 4.78 is 7.99. The second-order valence-corrected chi connectivity index (χ2v) is 7.73. The Morgan fingerprint density at radius 1 is 1.16 bits per heavy atom. The van der Waals surface area contributed by atoms with Crippen LogP contribution in [0.15, 0.2) is 4.99 Å². The SMILES string of the molecule is Cc1nnc(CN=C(NC2CCCCC2)NC2CC3CCC2O3)n1C. The number of nitrogens with one attached hydrogen (secondary N) is 2. The van der Waals surface area contributed by atoms with Gasteiger partial charge in [0.15, 0.2) is 11.8 Å². The van der Waals surface area contributed by atoms with Gasteiger partial charge in [-0.15, -0.1) is 10.2 Å². The van der Waals surface area contributed by atoms with E-state index in [0.29, 0.717) is 30.8 Å². The third-order valence-electron chi connectivity index (χ3n) is 5.94. The number of ether oxygens (including phenoxy) is 1. The molecule has 3 heterocycles. The maximum absolute atomic E-state index is 5.99. The molecule has 2 aliphatic heterocycles. The maximum Gasteiger partial charge on any atom is 0.192 e. The average molecular weight is 346 g/mol. The van der Waals surface area contributed by atoms with Gasteiger partial charge in [0.05, 0.1) is 18.2 Å². The van der Waals surface area contributed by atoms with E-state index in [4.69, 9.17) is 9.73 Å². The molecule has 0 amide bonds. The number of hydrogen-bond donors (Lipinski definition) is 2. The van der Waals surface area contributed by atoms with Gasteiger partial charge in [0.25, 0.3) is 0 Å². The van der Waals surface area contributed by atoms with Crippen molar-refractivity contribution in [2.24, 2.45) is 12.0 Å². The summed E-state index contributed by atoms with van der Waals surface area (Å²) in [5, 5.41) is 15.7. The summed E-state index contributed by atoms with van der Waals surface area (Å²) in [5.41, 5.74) is 0. The summed E-state index contributed by atoms with van der Waals surface area (Å²) in [5.74, 6) is 2.72. The molecule has 1 aromatic rings. The highest BCUT2D eigenvalue weighted by Crippen LogP contribution is 2.34. The minimum atomic E-state index is 0.348. The standard InChI is InChI=1S/C18H30N6O/c1-12-22-23-17(24(12)2)11-19-18(20-13-6-4-3-5-7-13)21-15-10-14-8-9-16(15)25-14/h13-16H,3-11H2,1-2H3,(H2,19,20,21). The van der Waals surface area contributed by atoms with E-state index in [0.717, 1.165) is 24.0 Å². The van der Waals surface area contributed by atoms with Crippen LogP contribution in [0.25, 0.3) is 0 Å². The van der Waals surface area contributed by atoms with Crippen LogP contribution in [0.2, 0.25) is 0 Å². The van der Waals surface area contributed by atoms with E-state index in [1.165, 1.54) is 44.9 Å². The molecule has 0 radical (unpaired) electrons. The molecule has 4 rings (SSSR count). The van der Waals surface area contributed by atoms with Gasteiger partial charge in [-0.05, 0) is 39.0 Å². The molecule has 3 fully saturated rings. The topological polar surface area (TPSA) is 76.4 Å². The molecule has 3 atom stereocenters. The van der Waals surface area contributed by atoms with Gasteiger partial charge >= 0.3 is 0 Å². The first-order chi connectivity index (χ1) is 12.2. The highest BCUT2D eigenvalue weighted by atomic mass is 16.5. The Hall–Kier alpha value is -1.63. The lowest BCUT2D eigenvalue weighted by atomic mass is 9.95. The Balaban J connectivity index is 1.44. The minimum absolute atomic E-state index is 0.348. The molecular weight excluding hydrogens is 316 g/mol. The van der Waals surface area contributed by atoms with Crippen LogP contribution in [0.5, 0.6) is 0 Å². The zero-order valence-corrected chi connectivity index (χ0v) is 15.4. The van der Waals surface area contributed by atoms with E-state index < -0.39 is 0 Å². The molecule has 2 saturated heterocycles. The smallest absolute Gasteiger partial charge is 0.192 e. The van der Waals surface area contributed by atoms with Crippen LogP contribution in [0, 0.1) is 6.92 Å². The van der Waals surface area contributed by atoms with Crippen molar-refractivity contribution >= 4 is 5.96 Å². The molecule has 2 bridgehead atoms. The molecule has 1 saturated carbocycles. The van der Waals surface area contributed by atoms with E-state index in [-0.39, 0.29) is 0 Å². The first kappa shape index (κ1) is 16.8. The average Bonchev–Trinajstić information content (AvgIpc) is 3.32.